The van der Waals surface area contributed by atoms with E-state index < -0.39 is 0 Å². The molecule has 2 aromatic rings. The van der Waals surface area contributed by atoms with Gasteiger partial charge in [0.15, 0.2) is 0 Å². The summed E-state index contributed by atoms with van der Waals surface area (Å²) in [6.07, 6.45) is 2.63. The van der Waals surface area contributed by atoms with Gasteiger partial charge in [-0.05, 0) is 18.6 Å². The van der Waals surface area contributed by atoms with Crippen molar-refractivity contribution in [3.8, 4) is 11.3 Å². The van der Waals surface area contributed by atoms with E-state index in [9.17, 15) is 4.79 Å². The maximum Gasteiger partial charge on any atom is 0.208 e. The Morgan fingerprint density at radius 2 is 1.81 bits per heavy atom. The van der Waals surface area contributed by atoms with Crippen LogP contribution in [0.5, 0.6) is 0 Å². The van der Waals surface area contributed by atoms with E-state index in [1.165, 1.54) is 0 Å². The van der Waals surface area contributed by atoms with Crippen molar-refractivity contribution in [2.75, 3.05) is 13.1 Å². The average molecular weight is 303 g/mol. The molecule has 3 rings (SSSR count). The summed E-state index contributed by atoms with van der Waals surface area (Å²) in [6.45, 7) is 1.65. The van der Waals surface area contributed by atoms with Crippen LogP contribution in [0.25, 0.3) is 11.3 Å². The molecular weight excluding hydrogens is 288 g/mol. The second-order valence-corrected chi connectivity index (χ2v) is 5.16. The van der Waals surface area contributed by atoms with E-state index in [0.29, 0.717) is 11.4 Å². The van der Waals surface area contributed by atoms with Crippen LogP contribution in [0.3, 0.4) is 0 Å². The zero-order valence-electron chi connectivity index (χ0n) is 11.4. The predicted octanol–water partition coefficient (Wildman–Crippen LogP) is 3.12. The third-order valence-electron chi connectivity index (χ3n) is 3.33. The van der Waals surface area contributed by atoms with Gasteiger partial charge < -0.3 is 15.1 Å². The quantitative estimate of drug-likeness (QED) is 0.675. The van der Waals surface area contributed by atoms with Crippen molar-refractivity contribution in [3.63, 3.8) is 0 Å². The standard InChI is InChI=1S/C16H15ClN2O2/c17-14(16-18-8-2-9-19-16)15(20)12-6-4-11(5-7-12)13-3-1-10-21-13/h1,3-7,10,18-19H,2,8-9H2. The van der Waals surface area contributed by atoms with E-state index in [2.05, 4.69) is 10.6 Å². The van der Waals surface area contributed by atoms with Crippen molar-refractivity contribution in [2.45, 2.75) is 6.42 Å². The lowest BCUT2D eigenvalue weighted by molar-refractivity contribution is 0.104. The first-order valence-electron chi connectivity index (χ1n) is 6.82. The Bertz CT molecular complexity index is 652. The molecule has 1 aliphatic heterocycles. The largest absolute Gasteiger partial charge is 0.464 e. The summed E-state index contributed by atoms with van der Waals surface area (Å²) in [5.74, 6) is 1.19. The number of carbonyl (C=O) groups is 1. The van der Waals surface area contributed by atoms with Crippen LogP contribution in [0.15, 0.2) is 57.9 Å². The molecule has 1 aliphatic rings. The number of nitrogens with one attached hydrogen (secondary N) is 2. The highest BCUT2D eigenvalue weighted by Crippen LogP contribution is 2.22. The molecule has 0 atom stereocenters. The summed E-state index contributed by atoms with van der Waals surface area (Å²) in [4.78, 5) is 12.3. The van der Waals surface area contributed by atoms with Crippen molar-refractivity contribution < 1.29 is 9.21 Å². The Morgan fingerprint density at radius 3 is 2.43 bits per heavy atom. The van der Waals surface area contributed by atoms with Crippen molar-refractivity contribution in [3.05, 3.63) is 59.1 Å². The van der Waals surface area contributed by atoms with Gasteiger partial charge in [0.1, 0.15) is 16.6 Å². The zero-order chi connectivity index (χ0) is 14.7. The second-order valence-electron chi connectivity index (χ2n) is 4.78. The van der Waals surface area contributed by atoms with Gasteiger partial charge in [0.05, 0.1) is 6.26 Å². The average Bonchev–Trinajstić information content (AvgIpc) is 3.09. The molecule has 2 heterocycles. The van der Waals surface area contributed by atoms with Crippen molar-refractivity contribution in [2.24, 2.45) is 0 Å². The second kappa shape index (κ2) is 6.06. The molecule has 108 valence electrons. The first kappa shape index (κ1) is 13.8. The van der Waals surface area contributed by atoms with Crippen molar-refractivity contribution in [1.82, 2.24) is 10.6 Å². The summed E-state index contributed by atoms with van der Waals surface area (Å²) in [7, 11) is 0. The first-order valence-corrected chi connectivity index (χ1v) is 7.19. The van der Waals surface area contributed by atoms with Crippen molar-refractivity contribution in [1.29, 1.82) is 0 Å². The summed E-state index contributed by atoms with van der Waals surface area (Å²) >= 11 is 6.17. The lowest BCUT2D eigenvalue weighted by atomic mass is 10.1. The van der Waals surface area contributed by atoms with Crippen LogP contribution in [0, 0.1) is 0 Å². The van der Waals surface area contributed by atoms with E-state index >= 15 is 0 Å². The number of carbonyl (C=O) groups excluding carboxylic acids is 1. The Hall–Kier alpha value is -2.20. The summed E-state index contributed by atoms with van der Waals surface area (Å²) < 4.78 is 5.32. The molecule has 5 heteroatoms. The fraction of sp³-hybridized carbons (Fsp3) is 0.188. The monoisotopic (exact) mass is 302 g/mol. The first-order chi connectivity index (χ1) is 10.3. The highest BCUT2D eigenvalue weighted by Gasteiger charge is 2.17. The molecule has 2 N–H and O–H groups in total. The van der Waals surface area contributed by atoms with Gasteiger partial charge in [0, 0.05) is 24.2 Å². The summed E-state index contributed by atoms with van der Waals surface area (Å²) in [5, 5.41) is 6.40. The number of furan rings is 1. The smallest absolute Gasteiger partial charge is 0.208 e. The number of hydrogen-bond acceptors (Lipinski definition) is 4. The molecule has 0 unspecified atom stereocenters. The van der Waals surface area contributed by atoms with Crippen LogP contribution < -0.4 is 10.6 Å². The highest BCUT2D eigenvalue weighted by molar-refractivity contribution is 6.45. The van der Waals surface area contributed by atoms with Gasteiger partial charge in [0.25, 0.3) is 0 Å². The molecule has 1 saturated heterocycles. The highest BCUT2D eigenvalue weighted by atomic mass is 35.5. The van der Waals surface area contributed by atoms with Crippen LogP contribution in [-0.4, -0.2) is 18.9 Å². The summed E-state index contributed by atoms with van der Waals surface area (Å²) in [5.41, 5.74) is 1.48. The van der Waals surface area contributed by atoms with Gasteiger partial charge in [-0.2, -0.15) is 0 Å². The number of halogens is 1. The van der Waals surface area contributed by atoms with Gasteiger partial charge in [-0.15, -0.1) is 0 Å². The minimum absolute atomic E-state index is 0.195. The van der Waals surface area contributed by atoms with Crippen LogP contribution in [0.1, 0.15) is 16.8 Å². The SMILES string of the molecule is O=C(C(Cl)=C1NCCCN1)c1ccc(-c2ccco2)cc1. The van der Waals surface area contributed by atoms with E-state index in [0.717, 1.165) is 30.8 Å². The summed E-state index contributed by atoms with van der Waals surface area (Å²) in [6, 6.07) is 10.9. The van der Waals surface area contributed by atoms with Crippen LogP contribution in [-0.2, 0) is 0 Å². The molecule has 1 fully saturated rings. The van der Waals surface area contributed by atoms with Gasteiger partial charge in [-0.25, -0.2) is 0 Å². The number of benzene rings is 1. The zero-order valence-corrected chi connectivity index (χ0v) is 12.1. The molecule has 0 amide bonds. The van der Waals surface area contributed by atoms with Gasteiger partial charge in [-0.1, -0.05) is 35.9 Å². The van der Waals surface area contributed by atoms with Gasteiger partial charge >= 0.3 is 0 Å². The topological polar surface area (TPSA) is 54.3 Å². The molecule has 0 radical (unpaired) electrons. The third-order valence-corrected chi connectivity index (χ3v) is 3.69. The minimum Gasteiger partial charge on any atom is -0.464 e. The molecule has 0 bridgehead atoms. The van der Waals surface area contributed by atoms with Gasteiger partial charge in [0.2, 0.25) is 5.78 Å². The fourth-order valence-corrected chi connectivity index (χ4v) is 2.44. The fourth-order valence-electron chi connectivity index (χ4n) is 2.20. The Morgan fingerprint density at radius 1 is 1.10 bits per heavy atom. The van der Waals surface area contributed by atoms with E-state index in [1.54, 1.807) is 18.4 Å². The van der Waals surface area contributed by atoms with E-state index in [-0.39, 0.29) is 10.8 Å². The molecular formula is C16H15ClN2O2. The number of Topliss-reactive ketones (excluding diaryl/α,β-unsaturated/α-hetero) is 1. The molecule has 0 aliphatic carbocycles. The molecule has 4 nitrogen and oxygen atoms in total. The Kier molecular flexibility index (Phi) is 3.97. The lowest BCUT2D eigenvalue weighted by Gasteiger charge is -2.20. The molecule has 1 aromatic heterocycles. The maximum atomic E-state index is 12.3. The third kappa shape index (κ3) is 2.95. The minimum atomic E-state index is -0.195. The van der Waals surface area contributed by atoms with Crippen molar-refractivity contribution >= 4 is 17.4 Å². The number of rotatable bonds is 3. The van der Waals surface area contributed by atoms with E-state index in [1.807, 2.05) is 24.3 Å². The maximum absolute atomic E-state index is 12.3. The lowest BCUT2D eigenvalue weighted by Crippen LogP contribution is -2.36. The Balaban J connectivity index is 1.82. The number of ketones is 1. The number of allylic oxidation sites excluding steroid dienone is 1. The molecule has 0 spiro atoms. The van der Waals surface area contributed by atoms with Gasteiger partial charge in [-0.3, -0.25) is 4.79 Å². The molecule has 0 saturated carbocycles. The Labute approximate surface area is 127 Å². The molecule has 1 aromatic carbocycles. The predicted molar refractivity (Wildman–Crippen MR) is 82.0 cm³/mol. The number of hydrogen-bond donors (Lipinski definition) is 2. The normalized spacial score (nSPS) is 14.2. The van der Waals surface area contributed by atoms with Crippen LogP contribution in [0.2, 0.25) is 0 Å². The van der Waals surface area contributed by atoms with Crippen LogP contribution >= 0.6 is 11.6 Å². The molecule has 21 heavy (non-hydrogen) atoms. The van der Waals surface area contributed by atoms with E-state index in [4.69, 9.17) is 16.0 Å². The van der Waals surface area contributed by atoms with Crippen LogP contribution in [0.4, 0.5) is 0 Å².